The van der Waals surface area contributed by atoms with E-state index in [4.69, 9.17) is 28.3 Å². The lowest BCUT2D eigenvalue weighted by atomic mass is 10.0. The molecule has 0 spiro atoms. The fourth-order valence-corrected chi connectivity index (χ4v) is 4.29. The van der Waals surface area contributed by atoms with Crippen molar-refractivity contribution in [2.24, 2.45) is 0 Å². The Labute approximate surface area is 255 Å². The van der Waals surface area contributed by atoms with Gasteiger partial charge in [-0.2, -0.15) is 4.68 Å². The molecule has 14 nitrogen and oxygen atoms in total. The van der Waals surface area contributed by atoms with Gasteiger partial charge in [-0.25, -0.2) is 4.79 Å². The minimum Gasteiger partial charge on any atom is -0.453 e. The van der Waals surface area contributed by atoms with Crippen LogP contribution in [-0.2, 0) is 14.3 Å². The van der Waals surface area contributed by atoms with Crippen molar-refractivity contribution in [1.82, 2.24) is 41.0 Å². The highest BCUT2D eigenvalue weighted by Gasteiger charge is 2.22. The van der Waals surface area contributed by atoms with Gasteiger partial charge >= 0.3 is 6.09 Å². The third-order valence-electron chi connectivity index (χ3n) is 5.90. The normalized spacial score (nSPS) is 11.6. The summed E-state index contributed by atoms with van der Waals surface area (Å²) in [6.45, 7) is -0.217. The van der Waals surface area contributed by atoms with Crippen molar-refractivity contribution in [3.63, 3.8) is 0 Å². The van der Waals surface area contributed by atoms with E-state index in [9.17, 15) is 14.4 Å². The van der Waals surface area contributed by atoms with E-state index >= 15 is 0 Å². The molecule has 2 heterocycles. The highest BCUT2D eigenvalue weighted by atomic mass is 35.5. The zero-order chi connectivity index (χ0) is 30.8. The Bertz CT molecular complexity index is 1620. The summed E-state index contributed by atoms with van der Waals surface area (Å²) >= 11 is 12.6. The zero-order valence-electron chi connectivity index (χ0n) is 22.6. The third kappa shape index (κ3) is 8.54. The number of carbonyl (C=O) groups is 3. The van der Waals surface area contributed by atoms with E-state index in [1.54, 1.807) is 48.5 Å². The topological polar surface area (TPSA) is 186 Å². The molecule has 1 unspecified atom stereocenters. The summed E-state index contributed by atoms with van der Waals surface area (Å²) in [5.74, 6) is -0.984. The molecule has 0 aliphatic heterocycles. The summed E-state index contributed by atoms with van der Waals surface area (Å²) in [4.78, 5) is 37.2. The van der Waals surface area contributed by atoms with E-state index in [0.717, 1.165) is 0 Å². The molecule has 1 atom stereocenters. The van der Waals surface area contributed by atoms with Gasteiger partial charge in [0.05, 0.1) is 37.6 Å². The molecule has 0 fully saturated rings. The number of halogens is 2. The number of tetrazole rings is 1. The second-order valence-electron chi connectivity index (χ2n) is 8.80. The smallest absolute Gasteiger partial charge is 0.411 e. The largest absolute Gasteiger partial charge is 0.453 e. The Hall–Kier alpha value is -4.92. The quantitative estimate of drug-likeness (QED) is 0.180. The highest BCUT2D eigenvalue weighted by molar-refractivity contribution is 6.31. The average Bonchev–Trinajstić information content (AvgIpc) is 3.54. The van der Waals surface area contributed by atoms with Crippen LogP contribution < -0.4 is 16.0 Å². The number of ether oxygens (including phenoxy) is 1. The number of aliphatic hydroxyl groups excluding tert-OH is 1. The van der Waals surface area contributed by atoms with Gasteiger partial charge in [-0.3, -0.25) is 14.9 Å². The van der Waals surface area contributed by atoms with Crippen LogP contribution in [0, 0.1) is 0 Å². The molecule has 43 heavy (non-hydrogen) atoms. The number of aromatic nitrogens is 6. The van der Waals surface area contributed by atoms with Gasteiger partial charge in [0.15, 0.2) is 5.15 Å². The van der Waals surface area contributed by atoms with E-state index in [2.05, 4.69) is 46.4 Å². The summed E-state index contributed by atoms with van der Waals surface area (Å²) in [5.41, 5.74) is 3.01. The van der Waals surface area contributed by atoms with E-state index in [1.807, 2.05) is 0 Å². The number of methoxy groups -OCH3 is 1. The molecular weight excluding hydrogens is 601 g/mol. The van der Waals surface area contributed by atoms with Crippen LogP contribution in [0.15, 0.2) is 60.9 Å². The lowest BCUT2D eigenvalue weighted by Crippen LogP contribution is -2.34. The molecule has 4 rings (SSSR count). The summed E-state index contributed by atoms with van der Waals surface area (Å²) in [6.07, 6.45) is 3.38. The van der Waals surface area contributed by atoms with Gasteiger partial charge in [0.1, 0.15) is 6.33 Å². The first-order valence-electron chi connectivity index (χ1n) is 12.6. The minimum atomic E-state index is -0.920. The Morgan fingerprint density at radius 3 is 2.58 bits per heavy atom. The fraction of sp³-hybridized carbons (Fsp3) is 0.185. The maximum absolute atomic E-state index is 13.1. The van der Waals surface area contributed by atoms with Crippen LogP contribution in [0.2, 0.25) is 10.2 Å². The van der Waals surface area contributed by atoms with Gasteiger partial charge in [-0.05, 0) is 52.9 Å². The number of rotatable bonds is 11. The van der Waals surface area contributed by atoms with Crippen molar-refractivity contribution in [3.8, 4) is 16.9 Å². The highest BCUT2D eigenvalue weighted by Crippen LogP contribution is 2.28. The maximum Gasteiger partial charge on any atom is 0.411 e. The Morgan fingerprint density at radius 1 is 1.09 bits per heavy atom. The number of hydrogen-bond acceptors (Lipinski definition) is 10. The van der Waals surface area contributed by atoms with E-state index in [0.29, 0.717) is 38.8 Å². The van der Waals surface area contributed by atoms with E-state index in [1.165, 1.54) is 30.3 Å². The van der Waals surface area contributed by atoms with Gasteiger partial charge in [0.25, 0.3) is 0 Å². The Kier molecular flexibility index (Phi) is 10.7. The molecule has 0 saturated carbocycles. The van der Waals surface area contributed by atoms with Crippen LogP contribution in [-0.4, -0.2) is 73.7 Å². The van der Waals surface area contributed by atoms with Crippen LogP contribution >= 0.6 is 23.2 Å². The third-order valence-corrected chi connectivity index (χ3v) is 6.43. The molecule has 0 aliphatic rings. The van der Waals surface area contributed by atoms with Gasteiger partial charge < -0.3 is 20.5 Å². The predicted octanol–water partition coefficient (Wildman–Crippen LogP) is 2.97. The molecule has 222 valence electrons. The molecule has 0 bridgehead atoms. The van der Waals surface area contributed by atoms with E-state index < -0.39 is 23.9 Å². The molecular formula is C27H25Cl2N9O5. The average molecular weight is 626 g/mol. The number of amides is 3. The van der Waals surface area contributed by atoms with Gasteiger partial charge in [-0.15, -0.1) is 15.3 Å². The first-order valence-corrected chi connectivity index (χ1v) is 13.4. The number of anilines is 1. The van der Waals surface area contributed by atoms with Crippen LogP contribution in [0.4, 0.5) is 10.5 Å². The number of carbonyl (C=O) groups excluding carboxylic acids is 3. The van der Waals surface area contributed by atoms with Gasteiger partial charge in [0.2, 0.25) is 11.8 Å². The zero-order valence-corrected chi connectivity index (χ0v) is 24.1. The van der Waals surface area contributed by atoms with E-state index in [-0.39, 0.29) is 24.7 Å². The molecule has 3 amide bonds. The molecule has 0 saturated heterocycles. The monoisotopic (exact) mass is 625 g/mol. The Balaban J connectivity index is 1.60. The SMILES string of the molecule is COC(=O)Nc1ccc(-c2cc(C(CC(=O)NCCO)NC(=O)/C=C/c3cc(Cl)ccc3-n3cnnn3)c(Cl)nn2)cc1. The van der Waals surface area contributed by atoms with Crippen molar-refractivity contribution < 1.29 is 24.2 Å². The Morgan fingerprint density at radius 2 is 1.88 bits per heavy atom. The summed E-state index contributed by atoms with van der Waals surface area (Å²) in [5, 5.41) is 36.7. The van der Waals surface area contributed by atoms with Crippen LogP contribution in [0.25, 0.3) is 23.0 Å². The van der Waals surface area contributed by atoms with Crippen LogP contribution in [0.5, 0.6) is 0 Å². The predicted molar refractivity (Wildman–Crippen MR) is 157 cm³/mol. The molecule has 4 N–H and O–H groups in total. The number of benzene rings is 2. The first-order chi connectivity index (χ1) is 20.8. The van der Waals surface area contributed by atoms with Crippen LogP contribution in [0.1, 0.15) is 23.6 Å². The van der Waals surface area contributed by atoms with Crippen LogP contribution in [0.3, 0.4) is 0 Å². The summed E-state index contributed by atoms with van der Waals surface area (Å²) in [7, 11) is 1.26. The standard InChI is InChI=1S/C27H25Cl2N9O5/c1-43-27(42)32-19-6-2-16(3-7-19)21-13-20(26(29)35-34-21)22(14-25(41)30-10-11-39)33-24(40)9-4-17-12-18(28)5-8-23(17)38-15-31-36-37-38/h2-9,12-13,15,22,39H,10-11,14H2,1H3,(H,30,41)(H,32,42)(H,33,40)/b9-4+. The summed E-state index contributed by atoms with van der Waals surface area (Å²) < 4.78 is 6.02. The number of nitrogens with one attached hydrogen (secondary N) is 3. The molecule has 16 heteroatoms. The molecule has 2 aromatic carbocycles. The number of nitrogens with zero attached hydrogens (tertiary/aromatic N) is 6. The van der Waals surface area contributed by atoms with Gasteiger partial charge in [-0.1, -0.05) is 35.3 Å². The summed E-state index contributed by atoms with van der Waals surface area (Å²) in [6, 6.07) is 12.4. The molecule has 0 aliphatic carbocycles. The second kappa shape index (κ2) is 14.8. The molecule has 0 radical (unpaired) electrons. The van der Waals surface area contributed by atoms with Gasteiger partial charge in [0, 0.05) is 40.0 Å². The van der Waals surface area contributed by atoms with Crippen molar-refractivity contribution >= 4 is 52.9 Å². The lowest BCUT2D eigenvalue weighted by Gasteiger charge is -2.19. The van der Waals surface area contributed by atoms with Crippen molar-refractivity contribution in [2.75, 3.05) is 25.6 Å². The second-order valence-corrected chi connectivity index (χ2v) is 9.59. The first kappa shape index (κ1) is 31.0. The number of aliphatic hydroxyl groups is 1. The lowest BCUT2D eigenvalue weighted by molar-refractivity contribution is -0.122. The maximum atomic E-state index is 13.1. The molecule has 2 aromatic heterocycles. The number of hydrogen-bond donors (Lipinski definition) is 4. The van der Waals surface area contributed by atoms with Crippen molar-refractivity contribution in [2.45, 2.75) is 12.5 Å². The van der Waals surface area contributed by atoms with Crippen molar-refractivity contribution in [1.29, 1.82) is 0 Å². The minimum absolute atomic E-state index is 0.0206. The fourth-order valence-electron chi connectivity index (χ4n) is 3.89. The van der Waals surface area contributed by atoms with Crippen molar-refractivity contribution in [3.05, 3.63) is 82.2 Å². The molecule has 4 aromatic rings.